The third kappa shape index (κ3) is 4.39. The van der Waals surface area contributed by atoms with E-state index in [-0.39, 0.29) is 24.5 Å². The highest BCUT2D eigenvalue weighted by molar-refractivity contribution is 5.95. The standard InChI is InChI=1S/C29H33FN4O5/c1-19(2)17-38-27(37)33-13-11-32(12-14-33)20-3-4-23(24(30)15-20)28(6-7-28)26(36)34-10-8-29(18-34)22-5-9-31-16-21(22)25(35)39-29/h3-5,9,15-16,19H,6-8,10-14,17-18H2,1-2H3/t29-/m0/s1. The lowest BCUT2D eigenvalue weighted by Gasteiger charge is -2.35. The normalized spacial score (nSPS) is 23.3. The second-order valence-corrected chi connectivity index (χ2v) is 11.5. The van der Waals surface area contributed by atoms with Gasteiger partial charge in [0.2, 0.25) is 5.91 Å². The van der Waals surface area contributed by atoms with Gasteiger partial charge in [0.05, 0.1) is 24.1 Å². The number of hydrogen-bond donors (Lipinski definition) is 0. The van der Waals surface area contributed by atoms with Crippen molar-refractivity contribution in [2.45, 2.75) is 44.1 Å². The summed E-state index contributed by atoms with van der Waals surface area (Å²) in [4.78, 5) is 47.9. The third-order valence-electron chi connectivity index (χ3n) is 8.41. The van der Waals surface area contributed by atoms with Gasteiger partial charge in [0.25, 0.3) is 0 Å². The fraction of sp³-hybridized carbons (Fsp3) is 0.517. The number of carbonyl (C=O) groups is 3. The molecule has 206 valence electrons. The Labute approximate surface area is 226 Å². The van der Waals surface area contributed by atoms with E-state index in [1.807, 2.05) is 24.8 Å². The van der Waals surface area contributed by atoms with Gasteiger partial charge in [-0.1, -0.05) is 19.9 Å². The molecule has 0 radical (unpaired) electrons. The number of piperazine rings is 1. The molecule has 39 heavy (non-hydrogen) atoms. The number of likely N-dealkylation sites (tertiary alicyclic amines) is 1. The van der Waals surface area contributed by atoms with Crippen molar-refractivity contribution in [3.63, 3.8) is 0 Å². The average molecular weight is 537 g/mol. The molecule has 9 nitrogen and oxygen atoms in total. The second kappa shape index (κ2) is 9.50. The molecule has 0 unspecified atom stereocenters. The number of pyridine rings is 1. The molecule has 3 aliphatic heterocycles. The SMILES string of the molecule is CC(C)COC(=O)N1CCN(c2ccc(C3(C(=O)N4CC[C@@]5(C4)OC(=O)c4cnccc45)CC3)c(F)c2)CC1. The first-order valence-electron chi connectivity index (χ1n) is 13.7. The van der Waals surface area contributed by atoms with E-state index >= 15 is 4.39 Å². The van der Waals surface area contributed by atoms with Crippen LogP contribution in [0.3, 0.4) is 0 Å². The van der Waals surface area contributed by atoms with Gasteiger partial charge in [-0.15, -0.1) is 0 Å². The number of fused-ring (bicyclic) bond motifs is 2. The molecule has 10 heteroatoms. The number of anilines is 1. The zero-order chi connectivity index (χ0) is 27.4. The topological polar surface area (TPSA) is 92.3 Å². The fourth-order valence-corrected chi connectivity index (χ4v) is 6.09. The molecule has 4 aliphatic rings. The van der Waals surface area contributed by atoms with Gasteiger partial charge in [0.1, 0.15) is 5.82 Å². The van der Waals surface area contributed by atoms with E-state index < -0.39 is 22.8 Å². The van der Waals surface area contributed by atoms with E-state index in [2.05, 4.69) is 4.98 Å². The number of carbonyl (C=O) groups excluding carboxylic acids is 3. The number of halogens is 1. The third-order valence-corrected chi connectivity index (χ3v) is 8.41. The number of rotatable bonds is 5. The lowest BCUT2D eigenvalue weighted by Crippen LogP contribution is -2.49. The Kier molecular flexibility index (Phi) is 6.23. The predicted octanol–water partition coefficient (Wildman–Crippen LogP) is 3.47. The zero-order valence-electron chi connectivity index (χ0n) is 22.3. The van der Waals surface area contributed by atoms with Crippen LogP contribution >= 0.6 is 0 Å². The number of ether oxygens (including phenoxy) is 2. The van der Waals surface area contributed by atoms with Crippen molar-refractivity contribution in [2.75, 3.05) is 50.8 Å². The molecule has 1 spiro atoms. The van der Waals surface area contributed by atoms with Crippen LogP contribution in [0.5, 0.6) is 0 Å². The molecule has 2 amide bonds. The van der Waals surface area contributed by atoms with Crippen molar-refractivity contribution in [3.05, 3.63) is 59.2 Å². The van der Waals surface area contributed by atoms with Crippen molar-refractivity contribution >= 4 is 23.7 Å². The first-order valence-corrected chi connectivity index (χ1v) is 13.7. The monoisotopic (exact) mass is 536 g/mol. The highest BCUT2D eigenvalue weighted by Gasteiger charge is 2.58. The maximum atomic E-state index is 15.6. The molecule has 2 saturated heterocycles. The molecule has 3 fully saturated rings. The average Bonchev–Trinajstić information content (AvgIpc) is 3.56. The Hall–Kier alpha value is -3.69. The Balaban J connectivity index is 1.12. The van der Waals surface area contributed by atoms with E-state index in [0.717, 1.165) is 11.3 Å². The maximum Gasteiger partial charge on any atom is 0.409 e. The van der Waals surface area contributed by atoms with Crippen LogP contribution in [-0.4, -0.2) is 78.6 Å². The van der Waals surface area contributed by atoms with Gasteiger partial charge in [0, 0.05) is 68.4 Å². The van der Waals surface area contributed by atoms with E-state index in [0.29, 0.717) is 69.7 Å². The van der Waals surface area contributed by atoms with Crippen molar-refractivity contribution < 1.29 is 28.2 Å². The van der Waals surface area contributed by atoms with Crippen molar-refractivity contribution in [2.24, 2.45) is 5.92 Å². The van der Waals surface area contributed by atoms with Crippen molar-refractivity contribution in [1.29, 1.82) is 0 Å². The molecule has 1 saturated carbocycles. The van der Waals surface area contributed by atoms with Crippen molar-refractivity contribution in [3.8, 4) is 0 Å². The summed E-state index contributed by atoms with van der Waals surface area (Å²) in [6, 6.07) is 6.89. The summed E-state index contributed by atoms with van der Waals surface area (Å²) >= 11 is 0. The number of hydrogen-bond acceptors (Lipinski definition) is 7. The number of benzene rings is 1. The fourth-order valence-electron chi connectivity index (χ4n) is 6.09. The predicted molar refractivity (Wildman–Crippen MR) is 140 cm³/mol. The summed E-state index contributed by atoms with van der Waals surface area (Å²) in [7, 11) is 0. The summed E-state index contributed by atoms with van der Waals surface area (Å²) in [6.45, 7) is 7.24. The molecule has 0 N–H and O–H groups in total. The zero-order valence-corrected chi connectivity index (χ0v) is 22.3. The summed E-state index contributed by atoms with van der Waals surface area (Å²) in [5, 5.41) is 0. The second-order valence-electron chi connectivity index (χ2n) is 11.5. The van der Waals surface area contributed by atoms with Gasteiger partial charge in [0.15, 0.2) is 5.60 Å². The lowest BCUT2D eigenvalue weighted by molar-refractivity contribution is -0.134. The Morgan fingerprint density at radius 3 is 2.51 bits per heavy atom. The summed E-state index contributed by atoms with van der Waals surface area (Å²) in [5.74, 6) is -0.643. The summed E-state index contributed by atoms with van der Waals surface area (Å²) < 4.78 is 26.6. The van der Waals surface area contributed by atoms with Crippen LogP contribution in [-0.2, 0) is 25.3 Å². The van der Waals surface area contributed by atoms with E-state index in [1.165, 1.54) is 12.3 Å². The number of aromatic nitrogens is 1. The molecule has 1 aromatic heterocycles. The van der Waals surface area contributed by atoms with E-state index in [4.69, 9.17) is 9.47 Å². The minimum absolute atomic E-state index is 0.113. The number of amides is 2. The van der Waals surface area contributed by atoms with Crippen LogP contribution in [0.4, 0.5) is 14.9 Å². The molecule has 0 bridgehead atoms. The van der Waals surface area contributed by atoms with E-state index in [9.17, 15) is 14.4 Å². The summed E-state index contributed by atoms with van der Waals surface area (Å²) in [5.41, 5.74) is 0.636. The van der Waals surface area contributed by atoms with Crippen LogP contribution < -0.4 is 4.90 Å². The van der Waals surface area contributed by atoms with Gasteiger partial charge >= 0.3 is 12.1 Å². The van der Waals surface area contributed by atoms with Gasteiger partial charge in [-0.3, -0.25) is 9.78 Å². The molecule has 1 atom stereocenters. The van der Waals surface area contributed by atoms with E-state index in [1.54, 1.807) is 28.1 Å². The molecule has 2 aromatic rings. The summed E-state index contributed by atoms with van der Waals surface area (Å²) in [6.07, 6.45) is 4.51. The van der Waals surface area contributed by atoms with Crippen LogP contribution in [0.25, 0.3) is 0 Å². The molecular weight excluding hydrogens is 503 g/mol. The van der Waals surface area contributed by atoms with Crippen LogP contribution in [0.2, 0.25) is 0 Å². The van der Waals surface area contributed by atoms with Crippen LogP contribution in [0, 0.1) is 11.7 Å². The smallest absolute Gasteiger partial charge is 0.409 e. The molecule has 6 rings (SSSR count). The first-order chi connectivity index (χ1) is 18.7. The molecule has 1 aromatic carbocycles. The quantitative estimate of drug-likeness (QED) is 0.541. The molecule has 1 aliphatic carbocycles. The van der Waals surface area contributed by atoms with Gasteiger partial charge in [-0.05, 0) is 37.0 Å². The number of esters is 1. The highest BCUT2D eigenvalue weighted by atomic mass is 19.1. The Morgan fingerprint density at radius 1 is 1.05 bits per heavy atom. The van der Waals surface area contributed by atoms with Crippen LogP contribution in [0.1, 0.15) is 54.6 Å². The molecular formula is C29H33FN4O5. The van der Waals surface area contributed by atoms with Gasteiger partial charge in [-0.2, -0.15) is 0 Å². The largest absolute Gasteiger partial charge is 0.449 e. The molecule has 4 heterocycles. The lowest BCUT2D eigenvalue weighted by atomic mass is 9.92. The minimum Gasteiger partial charge on any atom is -0.449 e. The van der Waals surface area contributed by atoms with Gasteiger partial charge < -0.3 is 24.2 Å². The maximum absolute atomic E-state index is 15.6. The first kappa shape index (κ1) is 25.6. The number of nitrogens with zero attached hydrogens (tertiary/aromatic N) is 4. The van der Waals surface area contributed by atoms with Crippen LogP contribution in [0.15, 0.2) is 36.7 Å². The Bertz CT molecular complexity index is 1320. The van der Waals surface area contributed by atoms with Crippen molar-refractivity contribution in [1.82, 2.24) is 14.8 Å². The Morgan fingerprint density at radius 2 is 1.82 bits per heavy atom. The van der Waals surface area contributed by atoms with Gasteiger partial charge in [-0.25, -0.2) is 14.0 Å². The highest BCUT2D eigenvalue weighted by Crippen LogP contribution is 2.53. The minimum atomic E-state index is -0.878.